The Morgan fingerprint density at radius 3 is 2.44 bits per heavy atom. The van der Waals surface area contributed by atoms with Gasteiger partial charge in [-0.3, -0.25) is 4.79 Å². The van der Waals surface area contributed by atoms with Gasteiger partial charge in [0.05, 0.1) is 11.6 Å². The van der Waals surface area contributed by atoms with Crippen LogP contribution in [0, 0.1) is 5.92 Å². The molecule has 4 heteroatoms. The van der Waals surface area contributed by atoms with Crippen molar-refractivity contribution in [3.05, 3.63) is 71.8 Å². The molecule has 1 atom stereocenters. The van der Waals surface area contributed by atoms with Crippen LogP contribution in [-0.4, -0.2) is 10.9 Å². The van der Waals surface area contributed by atoms with Gasteiger partial charge in [-0.1, -0.05) is 44.2 Å². The maximum absolute atomic E-state index is 11.3. The minimum Gasteiger partial charge on any atom is -0.366 e. The van der Waals surface area contributed by atoms with E-state index in [-0.39, 0.29) is 6.04 Å². The number of amides is 1. The van der Waals surface area contributed by atoms with E-state index >= 15 is 0 Å². The molecule has 0 fully saturated rings. The Hall–Kier alpha value is -2.88. The Kier molecular flexibility index (Phi) is 4.98. The number of hydrogen-bond donors (Lipinski definition) is 2. The molecule has 3 N–H and O–H groups in total. The zero-order chi connectivity index (χ0) is 17.8. The number of para-hydroxylation sites is 1. The summed E-state index contributed by atoms with van der Waals surface area (Å²) in [7, 11) is 0. The van der Waals surface area contributed by atoms with E-state index in [1.165, 1.54) is 0 Å². The molecule has 1 amide bonds. The lowest BCUT2D eigenvalue weighted by atomic mass is 9.96. The SMILES string of the molecule is CC(C)CC(Nc1ccc2ccccc2n1)c1ccc(C(N)=O)cc1. The maximum atomic E-state index is 11.3. The van der Waals surface area contributed by atoms with Crippen molar-refractivity contribution in [2.24, 2.45) is 11.7 Å². The van der Waals surface area contributed by atoms with E-state index < -0.39 is 5.91 Å². The van der Waals surface area contributed by atoms with Gasteiger partial charge in [-0.25, -0.2) is 4.98 Å². The second-order valence-corrected chi connectivity index (χ2v) is 6.70. The van der Waals surface area contributed by atoms with E-state index in [0.29, 0.717) is 11.5 Å². The molecule has 25 heavy (non-hydrogen) atoms. The van der Waals surface area contributed by atoms with Crippen molar-refractivity contribution in [1.29, 1.82) is 0 Å². The van der Waals surface area contributed by atoms with Gasteiger partial charge >= 0.3 is 0 Å². The molecule has 0 bridgehead atoms. The largest absolute Gasteiger partial charge is 0.366 e. The van der Waals surface area contributed by atoms with Crippen LogP contribution in [-0.2, 0) is 0 Å². The van der Waals surface area contributed by atoms with Gasteiger partial charge in [0.2, 0.25) is 5.91 Å². The molecular formula is C21H23N3O. The Balaban J connectivity index is 1.87. The van der Waals surface area contributed by atoms with Crippen molar-refractivity contribution < 1.29 is 4.79 Å². The topological polar surface area (TPSA) is 68.0 Å². The number of benzene rings is 2. The van der Waals surface area contributed by atoms with Crippen LogP contribution < -0.4 is 11.1 Å². The van der Waals surface area contributed by atoms with E-state index in [2.05, 4.69) is 31.3 Å². The minimum atomic E-state index is -0.406. The first kappa shape index (κ1) is 17.0. The highest BCUT2D eigenvalue weighted by molar-refractivity contribution is 5.92. The third-order valence-electron chi connectivity index (χ3n) is 4.23. The van der Waals surface area contributed by atoms with Gasteiger partial charge in [0.25, 0.3) is 0 Å². The minimum absolute atomic E-state index is 0.121. The number of fused-ring (bicyclic) bond motifs is 1. The van der Waals surface area contributed by atoms with E-state index in [0.717, 1.165) is 28.7 Å². The zero-order valence-electron chi connectivity index (χ0n) is 14.6. The smallest absolute Gasteiger partial charge is 0.248 e. The van der Waals surface area contributed by atoms with E-state index in [1.807, 2.05) is 36.4 Å². The van der Waals surface area contributed by atoms with Gasteiger partial charge < -0.3 is 11.1 Å². The maximum Gasteiger partial charge on any atom is 0.248 e. The lowest BCUT2D eigenvalue weighted by Gasteiger charge is -2.22. The standard InChI is InChI=1S/C21H23N3O/c1-14(2)13-19(16-7-9-17(10-8-16)21(22)25)24-20-12-11-15-5-3-4-6-18(15)23-20/h3-12,14,19H,13H2,1-2H3,(H2,22,25)(H,23,24). The number of aromatic nitrogens is 1. The highest BCUT2D eigenvalue weighted by atomic mass is 16.1. The summed E-state index contributed by atoms with van der Waals surface area (Å²) in [5.41, 5.74) is 7.95. The Morgan fingerprint density at radius 2 is 1.76 bits per heavy atom. The fourth-order valence-corrected chi connectivity index (χ4v) is 2.95. The molecule has 0 saturated heterocycles. The van der Waals surface area contributed by atoms with Crippen molar-refractivity contribution in [1.82, 2.24) is 4.98 Å². The summed E-state index contributed by atoms with van der Waals surface area (Å²) in [4.78, 5) is 16.0. The molecule has 1 aromatic heterocycles. The molecule has 3 aromatic rings. The molecule has 1 unspecified atom stereocenters. The van der Waals surface area contributed by atoms with Gasteiger partial charge in [0.15, 0.2) is 0 Å². The van der Waals surface area contributed by atoms with Gasteiger partial charge in [0, 0.05) is 10.9 Å². The van der Waals surface area contributed by atoms with E-state index in [9.17, 15) is 4.79 Å². The van der Waals surface area contributed by atoms with Crippen LogP contribution in [0.4, 0.5) is 5.82 Å². The van der Waals surface area contributed by atoms with Crippen LogP contribution in [0.15, 0.2) is 60.7 Å². The fourth-order valence-electron chi connectivity index (χ4n) is 2.95. The van der Waals surface area contributed by atoms with Crippen molar-refractivity contribution >= 4 is 22.6 Å². The monoisotopic (exact) mass is 333 g/mol. The molecular weight excluding hydrogens is 310 g/mol. The van der Waals surface area contributed by atoms with Crippen LogP contribution >= 0.6 is 0 Å². The molecule has 0 aliphatic carbocycles. The number of nitrogens with one attached hydrogen (secondary N) is 1. The number of carbonyl (C=O) groups is 1. The van der Waals surface area contributed by atoms with Gasteiger partial charge in [-0.2, -0.15) is 0 Å². The number of hydrogen-bond acceptors (Lipinski definition) is 3. The van der Waals surface area contributed by atoms with Gasteiger partial charge in [-0.05, 0) is 48.2 Å². The highest BCUT2D eigenvalue weighted by Gasteiger charge is 2.15. The molecule has 4 nitrogen and oxygen atoms in total. The first-order valence-corrected chi connectivity index (χ1v) is 8.55. The number of nitrogens with two attached hydrogens (primary N) is 1. The van der Waals surface area contributed by atoms with Crippen molar-refractivity contribution in [3.8, 4) is 0 Å². The van der Waals surface area contributed by atoms with Crippen LogP contribution in [0.2, 0.25) is 0 Å². The predicted molar refractivity (Wildman–Crippen MR) is 103 cm³/mol. The second-order valence-electron chi connectivity index (χ2n) is 6.70. The predicted octanol–water partition coefficient (Wildman–Crippen LogP) is 4.53. The fraction of sp³-hybridized carbons (Fsp3) is 0.238. The van der Waals surface area contributed by atoms with Gasteiger partial charge in [-0.15, -0.1) is 0 Å². The van der Waals surface area contributed by atoms with Crippen LogP contribution in [0.3, 0.4) is 0 Å². The van der Waals surface area contributed by atoms with Crippen molar-refractivity contribution in [3.63, 3.8) is 0 Å². The molecule has 0 spiro atoms. The Labute approximate surface area is 148 Å². The van der Waals surface area contributed by atoms with Crippen LogP contribution in [0.25, 0.3) is 10.9 Å². The highest BCUT2D eigenvalue weighted by Crippen LogP contribution is 2.26. The summed E-state index contributed by atoms with van der Waals surface area (Å²) in [6.07, 6.45) is 0.963. The summed E-state index contributed by atoms with van der Waals surface area (Å²) in [6, 6.07) is 19.8. The number of nitrogens with zero attached hydrogens (tertiary/aromatic N) is 1. The molecule has 3 rings (SSSR count). The first-order chi connectivity index (χ1) is 12.0. The number of carbonyl (C=O) groups excluding carboxylic acids is 1. The third kappa shape index (κ3) is 4.15. The average Bonchev–Trinajstić information content (AvgIpc) is 2.61. The van der Waals surface area contributed by atoms with Crippen LogP contribution in [0.5, 0.6) is 0 Å². The molecule has 0 aliphatic rings. The first-order valence-electron chi connectivity index (χ1n) is 8.55. The van der Waals surface area contributed by atoms with Crippen molar-refractivity contribution in [2.45, 2.75) is 26.3 Å². The molecule has 1 heterocycles. The molecule has 2 aromatic carbocycles. The summed E-state index contributed by atoms with van der Waals surface area (Å²) in [6.45, 7) is 4.39. The summed E-state index contributed by atoms with van der Waals surface area (Å²) < 4.78 is 0. The summed E-state index contributed by atoms with van der Waals surface area (Å²) >= 11 is 0. The third-order valence-corrected chi connectivity index (χ3v) is 4.23. The van der Waals surface area contributed by atoms with Crippen molar-refractivity contribution in [2.75, 3.05) is 5.32 Å². The molecule has 0 saturated carbocycles. The lowest BCUT2D eigenvalue weighted by Crippen LogP contribution is -2.15. The van der Waals surface area contributed by atoms with Crippen LogP contribution in [0.1, 0.15) is 42.2 Å². The lowest BCUT2D eigenvalue weighted by molar-refractivity contribution is 0.100. The van der Waals surface area contributed by atoms with E-state index in [4.69, 9.17) is 10.7 Å². The molecule has 128 valence electrons. The van der Waals surface area contributed by atoms with E-state index in [1.54, 1.807) is 12.1 Å². The second kappa shape index (κ2) is 7.34. The quantitative estimate of drug-likeness (QED) is 0.696. The number of rotatable bonds is 6. The summed E-state index contributed by atoms with van der Waals surface area (Å²) in [5.74, 6) is 0.966. The number of pyridine rings is 1. The number of primary amides is 1. The molecule has 0 aliphatic heterocycles. The van der Waals surface area contributed by atoms with Gasteiger partial charge in [0.1, 0.15) is 5.82 Å². The number of anilines is 1. The summed E-state index contributed by atoms with van der Waals surface area (Å²) in [5, 5.41) is 4.66. The Morgan fingerprint density at radius 1 is 1.04 bits per heavy atom. The molecule has 0 radical (unpaired) electrons. The normalized spacial score (nSPS) is 12.3. The Bertz CT molecular complexity index is 872. The average molecular weight is 333 g/mol. The zero-order valence-corrected chi connectivity index (χ0v) is 14.6.